The molecule has 0 aromatic heterocycles. The van der Waals surface area contributed by atoms with E-state index in [1.165, 1.54) is 0 Å². The third-order valence-corrected chi connectivity index (χ3v) is 7.36. The van der Waals surface area contributed by atoms with Gasteiger partial charge in [0.15, 0.2) is 6.29 Å². The number of carbonyl (C=O) groups is 1. The third kappa shape index (κ3) is 3.97. The smallest absolute Gasteiger partial charge is 0.332 e. The summed E-state index contributed by atoms with van der Waals surface area (Å²) in [6, 6.07) is 0. The van der Waals surface area contributed by atoms with Crippen LogP contribution >= 0.6 is 0 Å². The molecular formula is C21H32O7. The highest BCUT2D eigenvalue weighted by molar-refractivity contribution is 5.70. The minimum Gasteiger partial charge on any atom is -0.461 e. The van der Waals surface area contributed by atoms with Gasteiger partial charge in [-0.25, -0.2) is 4.79 Å². The molecule has 3 saturated heterocycles. The molecule has 0 N–H and O–H groups in total. The van der Waals surface area contributed by atoms with E-state index in [0.29, 0.717) is 37.3 Å². The van der Waals surface area contributed by atoms with Crippen molar-refractivity contribution in [2.45, 2.75) is 88.2 Å². The second kappa shape index (κ2) is 7.20. The average molecular weight is 396 g/mol. The SMILES string of the molecule is CC12CCC(COCC(=O)OCC3COC(C4CCC5(C)OC5C4)O3)CC1O2. The fourth-order valence-electron chi connectivity index (χ4n) is 5.13. The van der Waals surface area contributed by atoms with Crippen LogP contribution in [0.2, 0.25) is 0 Å². The lowest BCUT2D eigenvalue weighted by molar-refractivity contribution is -0.155. The van der Waals surface area contributed by atoms with Crippen molar-refractivity contribution in [1.29, 1.82) is 0 Å². The molecule has 0 aromatic carbocycles. The van der Waals surface area contributed by atoms with Gasteiger partial charge in [-0.05, 0) is 58.3 Å². The number of ether oxygens (including phenoxy) is 6. The molecule has 8 atom stereocenters. The molecule has 7 nitrogen and oxygen atoms in total. The topological polar surface area (TPSA) is 79.1 Å². The van der Waals surface area contributed by atoms with Crippen molar-refractivity contribution in [3.05, 3.63) is 0 Å². The number of hydrogen-bond acceptors (Lipinski definition) is 7. The Morgan fingerprint density at radius 1 is 1.04 bits per heavy atom. The number of epoxide rings is 2. The number of hydrogen-bond donors (Lipinski definition) is 0. The summed E-state index contributed by atoms with van der Waals surface area (Å²) in [5.74, 6) is 0.515. The van der Waals surface area contributed by atoms with E-state index < -0.39 is 0 Å². The van der Waals surface area contributed by atoms with Crippen molar-refractivity contribution in [1.82, 2.24) is 0 Å². The fraction of sp³-hybridized carbons (Fsp3) is 0.952. The summed E-state index contributed by atoms with van der Waals surface area (Å²) in [5, 5.41) is 0. The van der Waals surface area contributed by atoms with Crippen LogP contribution in [0.15, 0.2) is 0 Å². The predicted molar refractivity (Wildman–Crippen MR) is 97.6 cm³/mol. The molecule has 28 heavy (non-hydrogen) atoms. The lowest BCUT2D eigenvalue weighted by atomic mass is 9.82. The largest absolute Gasteiger partial charge is 0.461 e. The molecule has 0 amide bonds. The number of rotatable bonds is 7. The normalized spacial score (nSPS) is 49.2. The molecule has 7 heteroatoms. The van der Waals surface area contributed by atoms with Gasteiger partial charge in [-0.2, -0.15) is 0 Å². The first-order chi connectivity index (χ1) is 13.4. The van der Waals surface area contributed by atoms with Crippen LogP contribution in [0.3, 0.4) is 0 Å². The lowest BCUT2D eigenvalue weighted by Gasteiger charge is -2.26. The van der Waals surface area contributed by atoms with E-state index in [0.717, 1.165) is 38.5 Å². The highest BCUT2D eigenvalue weighted by Crippen LogP contribution is 2.51. The van der Waals surface area contributed by atoms with E-state index >= 15 is 0 Å². The molecule has 0 aromatic rings. The van der Waals surface area contributed by atoms with E-state index in [1.807, 2.05) is 0 Å². The summed E-state index contributed by atoms with van der Waals surface area (Å²) >= 11 is 0. The van der Waals surface area contributed by atoms with Crippen molar-refractivity contribution in [2.75, 3.05) is 26.4 Å². The van der Waals surface area contributed by atoms with Crippen molar-refractivity contribution >= 4 is 5.97 Å². The summed E-state index contributed by atoms with van der Waals surface area (Å²) < 4.78 is 34.1. The summed E-state index contributed by atoms with van der Waals surface area (Å²) in [6.45, 7) is 5.65. The quantitative estimate of drug-likeness (QED) is 0.482. The molecule has 0 radical (unpaired) electrons. The summed E-state index contributed by atoms with van der Waals surface area (Å²) in [7, 11) is 0. The van der Waals surface area contributed by atoms with Gasteiger partial charge in [0.25, 0.3) is 0 Å². The van der Waals surface area contributed by atoms with Crippen LogP contribution in [0.5, 0.6) is 0 Å². The molecule has 2 saturated carbocycles. The maximum Gasteiger partial charge on any atom is 0.332 e. The van der Waals surface area contributed by atoms with Gasteiger partial charge in [-0.15, -0.1) is 0 Å². The average Bonchev–Trinajstić information content (AvgIpc) is 3.47. The van der Waals surface area contributed by atoms with Gasteiger partial charge < -0.3 is 28.4 Å². The Bertz CT molecular complexity index is 612. The van der Waals surface area contributed by atoms with Gasteiger partial charge in [0.05, 0.1) is 36.6 Å². The van der Waals surface area contributed by atoms with E-state index in [4.69, 9.17) is 28.4 Å². The van der Waals surface area contributed by atoms with Crippen LogP contribution in [0.1, 0.15) is 52.4 Å². The molecule has 5 rings (SSSR count). The number of fused-ring (bicyclic) bond motifs is 2. The second-order valence-electron chi connectivity index (χ2n) is 9.67. The van der Waals surface area contributed by atoms with Crippen LogP contribution in [-0.2, 0) is 33.2 Å². The zero-order valence-corrected chi connectivity index (χ0v) is 16.9. The van der Waals surface area contributed by atoms with Gasteiger partial charge in [0.1, 0.15) is 19.3 Å². The van der Waals surface area contributed by atoms with E-state index in [2.05, 4.69) is 13.8 Å². The van der Waals surface area contributed by atoms with Gasteiger partial charge >= 0.3 is 5.97 Å². The molecule has 3 heterocycles. The maximum atomic E-state index is 11.9. The van der Waals surface area contributed by atoms with Gasteiger partial charge in [0, 0.05) is 5.92 Å². The highest BCUT2D eigenvalue weighted by Gasteiger charge is 2.57. The molecule has 5 aliphatic rings. The molecule has 8 unspecified atom stereocenters. The first-order valence-electron chi connectivity index (χ1n) is 10.8. The summed E-state index contributed by atoms with van der Waals surface area (Å²) in [5.41, 5.74) is 0.229. The van der Waals surface area contributed by atoms with Crippen LogP contribution in [-0.4, -0.2) is 68.2 Å². The van der Waals surface area contributed by atoms with Gasteiger partial charge in [0.2, 0.25) is 0 Å². The van der Waals surface area contributed by atoms with Crippen molar-refractivity contribution in [3.63, 3.8) is 0 Å². The molecule has 0 bridgehead atoms. The monoisotopic (exact) mass is 396 g/mol. The molecule has 2 aliphatic carbocycles. The Hall–Kier alpha value is -0.730. The Balaban J connectivity index is 0.951. The van der Waals surface area contributed by atoms with Crippen molar-refractivity contribution in [2.24, 2.45) is 11.8 Å². The number of esters is 1. The van der Waals surface area contributed by atoms with Crippen LogP contribution in [0.25, 0.3) is 0 Å². The third-order valence-electron chi connectivity index (χ3n) is 7.36. The van der Waals surface area contributed by atoms with E-state index in [1.54, 1.807) is 0 Å². The summed E-state index contributed by atoms with van der Waals surface area (Å²) in [6.07, 6.45) is 6.70. The summed E-state index contributed by atoms with van der Waals surface area (Å²) in [4.78, 5) is 11.9. The van der Waals surface area contributed by atoms with Crippen molar-refractivity contribution < 1.29 is 33.2 Å². The van der Waals surface area contributed by atoms with Gasteiger partial charge in [-0.1, -0.05) is 0 Å². The Morgan fingerprint density at radius 2 is 1.79 bits per heavy atom. The lowest BCUT2D eigenvalue weighted by Crippen LogP contribution is -2.31. The second-order valence-corrected chi connectivity index (χ2v) is 9.67. The molecule has 5 fully saturated rings. The van der Waals surface area contributed by atoms with E-state index in [-0.39, 0.29) is 42.8 Å². The molecular weight excluding hydrogens is 364 g/mol. The molecule has 0 spiro atoms. The zero-order valence-electron chi connectivity index (χ0n) is 16.9. The highest BCUT2D eigenvalue weighted by atomic mass is 16.7. The minimum absolute atomic E-state index is 0.00345. The Labute approximate surface area is 166 Å². The van der Waals surface area contributed by atoms with Crippen LogP contribution in [0.4, 0.5) is 0 Å². The van der Waals surface area contributed by atoms with E-state index in [9.17, 15) is 4.79 Å². The number of carbonyl (C=O) groups excluding carboxylic acids is 1. The maximum absolute atomic E-state index is 11.9. The Morgan fingerprint density at radius 3 is 2.54 bits per heavy atom. The molecule has 158 valence electrons. The van der Waals surface area contributed by atoms with Crippen LogP contribution < -0.4 is 0 Å². The minimum atomic E-state index is -0.338. The zero-order chi connectivity index (χ0) is 19.4. The predicted octanol–water partition coefficient (Wildman–Crippen LogP) is 2.20. The first kappa shape index (κ1) is 19.2. The fourth-order valence-corrected chi connectivity index (χ4v) is 5.13. The molecule has 3 aliphatic heterocycles. The standard InChI is InChI=1S/C21H32O7/c1-20-5-3-13(7-16(20)27-20)9-23-12-18(22)24-10-15-11-25-19(26-15)14-4-6-21(2)17(8-14)28-21/h13-17,19H,3-12H2,1-2H3. The van der Waals surface area contributed by atoms with Gasteiger partial charge in [-0.3, -0.25) is 0 Å². The van der Waals surface area contributed by atoms with Crippen molar-refractivity contribution in [3.8, 4) is 0 Å². The van der Waals surface area contributed by atoms with Crippen LogP contribution in [0, 0.1) is 11.8 Å². The first-order valence-corrected chi connectivity index (χ1v) is 10.8. The Kier molecular flexibility index (Phi) is 4.95.